The third-order valence-corrected chi connectivity index (χ3v) is 5.81. The summed E-state index contributed by atoms with van der Waals surface area (Å²) in [6, 6.07) is 22.2. The number of hydrogen-bond acceptors (Lipinski definition) is 3. The minimum atomic E-state index is -3.65. The molecule has 0 fully saturated rings. The molecular weight excluding hydrogens is 360 g/mol. The first kappa shape index (κ1) is 19.1. The second-order valence-corrected chi connectivity index (χ2v) is 8.16. The van der Waals surface area contributed by atoms with Crippen molar-refractivity contribution in [3.63, 3.8) is 0 Å². The summed E-state index contributed by atoms with van der Waals surface area (Å²) in [4.78, 5) is 14.0. The van der Waals surface area contributed by atoms with Crippen LogP contribution in [0.1, 0.15) is 12.0 Å². The van der Waals surface area contributed by atoms with Gasteiger partial charge in [0.05, 0.1) is 4.90 Å². The van der Waals surface area contributed by atoms with Crippen molar-refractivity contribution in [1.29, 1.82) is 0 Å². The Hall–Kier alpha value is -2.70. The fourth-order valence-corrected chi connectivity index (χ4v) is 3.91. The second kappa shape index (κ2) is 8.33. The van der Waals surface area contributed by atoms with Crippen LogP contribution in [-0.4, -0.2) is 32.8 Å². The summed E-state index contributed by atoms with van der Waals surface area (Å²) in [5.41, 5.74) is 1.03. The third kappa shape index (κ3) is 4.93. The maximum Gasteiger partial charge on any atom is 0.240 e. The van der Waals surface area contributed by atoms with Gasteiger partial charge in [-0.3, -0.25) is 4.79 Å². The number of amides is 1. The molecule has 1 amide bonds. The van der Waals surface area contributed by atoms with E-state index in [9.17, 15) is 13.2 Å². The summed E-state index contributed by atoms with van der Waals surface area (Å²) < 4.78 is 27.5. The van der Waals surface area contributed by atoms with Gasteiger partial charge in [-0.1, -0.05) is 60.7 Å². The predicted octanol–water partition coefficient (Wildman–Crippen LogP) is 3.17. The van der Waals surface area contributed by atoms with Crippen LogP contribution >= 0.6 is 0 Å². The van der Waals surface area contributed by atoms with Gasteiger partial charge < -0.3 is 4.90 Å². The van der Waals surface area contributed by atoms with Crippen LogP contribution in [0.25, 0.3) is 10.8 Å². The molecule has 140 valence electrons. The minimum Gasteiger partial charge on any atom is -0.341 e. The van der Waals surface area contributed by atoms with Gasteiger partial charge in [0.25, 0.3) is 0 Å². The smallest absolute Gasteiger partial charge is 0.240 e. The van der Waals surface area contributed by atoms with Gasteiger partial charge in [-0.15, -0.1) is 0 Å². The minimum absolute atomic E-state index is 0.0626. The summed E-state index contributed by atoms with van der Waals surface area (Å²) >= 11 is 0. The highest BCUT2D eigenvalue weighted by atomic mass is 32.2. The van der Waals surface area contributed by atoms with Gasteiger partial charge in [-0.05, 0) is 28.5 Å². The van der Waals surface area contributed by atoms with E-state index >= 15 is 0 Å². The molecule has 1 N–H and O–H groups in total. The molecule has 0 saturated heterocycles. The van der Waals surface area contributed by atoms with Crippen molar-refractivity contribution in [2.24, 2.45) is 0 Å². The molecule has 3 aromatic rings. The number of carbonyl (C=O) groups is 1. The van der Waals surface area contributed by atoms with E-state index in [2.05, 4.69) is 4.72 Å². The molecule has 5 nitrogen and oxygen atoms in total. The van der Waals surface area contributed by atoms with Crippen LogP contribution in [-0.2, 0) is 21.4 Å². The number of carbonyl (C=O) groups excluding carboxylic acids is 1. The lowest BCUT2D eigenvalue weighted by Crippen LogP contribution is -2.31. The molecular formula is C21H22N2O3S. The highest BCUT2D eigenvalue weighted by Crippen LogP contribution is 2.18. The van der Waals surface area contributed by atoms with Crippen molar-refractivity contribution < 1.29 is 13.2 Å². The zero-order chi connectivity index (χ0) is 19.3. The van der Waals surface area contributed by atoms with Crippen molar-refractivity contribution >= 4 is 26.7 Å². The van der Waals surface area contributed by atoms with E-state index in [0.29, 0.717) is 6.54 Å². The van der Waals surface area contributed by atoms with Crippen LogP contribution in [0.15, 0.2) is 77.7 Å². The van der Waals surface area contributed by atoms with Crippen molar-refractivity contribution in [2.45, 2.75) is 17.9 Å². The molecule has 0 atom stereocenters. The molecule has 0 radical (unpaired) electrons. The first-order chi connectivity index (χ1) is 13.0. The van der Waals surface area contributed by atoms with E-state index in [0.717, 1.165) is 16.3 Å². The van der Waals surface area contributed by atoms with E-state index in [1.54, 1.807) is 30.1 Å². The molecule has 0 aliphatic rings. The summed E-state index contributed by atoms with van der Waals surface area (Å²) in [6.45, 7) is 0.560. The maximum atomic E-state index is 12.5. The molecule has 0 bridgehead atoms. The normalized spacial score (nSPS) is 11.4. The number of hydrogen-bond donors (Lipinski definition) is 1. The zero-order valence-electron chi connectivity index (χ0n) is 15.1. The standard InChI is InChI=1S/C21H22N2O3S/c1-23(16-17-7-3-2-4-8-17)21(24)13-14-22-27(25,26)20-12-11-18-9-5-6-10-19(18)15-20/h2-12,15,22H,13-14,16H2,1H3. The van der Waals surface area contributed by atoms with Gasteiger partial charge in [0.15, 0.2) is 0 Å². The molecule has 27 heavy (non-hydrogen) atoms. The maximum absolute atomic E-state index is 12.5. The Labute approximate surface area is 159 Å². The number of fused-ring (bicyclic) bond motifs is 1. The van der Waals surface area contributed by atoms with Crippen LogP contribution < -0.4 is 4.72 Å². The number of benzene rings is 3. The topological polar surface area (TPSA) is 66.5 Å². The van der Waals surface area contributed by atoms with Crippen LogP contribution in [0.4, 0.5) is 0 Å². The Morgan fingerprint density at radius 2 is 1.59 bits per heavy atom. The molecule has 0 aliphatic carbocycles. The first-order valence-electron chi connectivity index (χ1n) is 8.72. The van der Waals surface area contributed by atoms with Crippen LogP contribution in [0.2, 0.25) is 0 Å². The van der Waals surface area contributed by atoms with Gasteiger partial charge in [-0.2, -0.15) is 0 Å². The van der Waals surface area contributed by atoms with E-state index in [4.69, 9.17) is 0 Å². The Balaban J connectivity index is 1.57. The molecule has 6 heteroatoms. The molecule has 0 aromatic heterocycles. The lowest BCUT2D eigenvalue weighted by molar-refractivity contribution is -0.130. The quantitative estimate of drug-likeness (QED) is 0.683. The molecule has 0 spiro atoms. The highest BCUT2D eigenvalue weighted by molar-refractivity contribution is 7.89. The van der Waals surface area contributed by atoms with Gasteiger partial charge >= 0.3 is 0 Å². The van der Waals surface area contributed by atoms with Crippen molar-refractivity contribution in [2.75, 3.05) is 13.6 Å². The molecule has 0 heterocycles. The number of rotatable bonds is 7. The number of sulfonamides is 1. The lowest BCUT2D eigenvalue weighted by atomic mass is 10.1. The zero-order valence-corrected chi connectivity index (χ0v) is 15.9. The Morgan fingerprint density at radius 3 is 2.33 bits per heavy atom. The fraction of sp³-hybridized carbons (Fsp3) is 0.190. The van der Waals surface area contributed by atoms with Gasteiger partial charge in [0.1, 0.15) is 0 Å². The van der Waals surface area contributed by atoms with Gasteiger partial charge in [0, 0.05) is 26.6 Å². The average molecular weight is 382 g/mol. The highest BCUT2D eigenvalue weighted by Gasteiger charge is 2.16. The van der Waals surface area contributed by atoms with Crippen LogP contribution in [0.5, 0.6) is 0 Å². The lowest BCUT2D eigenvalue weighted by Gasteiger charge is -2.17. The van der Waals surface area contributed by atoms with E-state index in [-0.39, 0.29) is 23.8 Å². The van der Waals surface area contributed by atoms with E-state index in [1.807, 2.05) is 54.6 Å². The Bertz CT molecular complexity index is 1030. The van der Waals surface area contributed by atoms with Crippen LogP contribution in [0.3, 0.4) is 0 Å². The predicted molar refractivity (Wildman–Crippen MR) is 107 cm³/mol. The van der Waals surface area contributed by atoms with Gasteiger partial charge in [-0.25, -0.2) is 13.1 Å². The monoisotopic (exact) mass is 382 g/mol. The third-order valence-electron chi connectivity index (χ3n) is 4.35. The summed E-state index contributed by atoms with van der Waals surface area (Å²) in [6.07, 6.45) is 0.107. The molecule has 0 aliphatic heterocycles. The molecule has 0 unspecified atom stereocenters. The molecule has 0 saturated carbocycles. The van der Waals surface area contributed by atoms with Crippen molar-refractivity contribution in [3.8, 4) is 0 Å². The molecule has 3 aromatic carbocycles. The van der Waals surface area contributed by atoms with Gasteiger partial charge in [0.2, 0.25) is 15.9 Å². The van der Waals surface area contributed by atoms with Crippen molar-refractivity contribution in [3.05, 3.63) is 78.4 Å². The summed E-state index contributed by atoms with van der Waals surface area (Å²) in [5, 5.41) is 1.84. The summed E-state index contributed by atoms with van der Waals surface area (Å²) in [7, 11) is -1.94. The Morgan fingerprint density at radius 1 is 0.926 bits per heavy atom. The van der Waals surface area contributed by atoms with E-state index in [1.165, 1.54) is 0 Å². The molecule has 3 rings (SSSR count). The average Bonchev–Trinajstić information content (AvgIpc) is 2.68. The largest absolute Gasteiger partial charge is 0.341 e. The SMILES string of the molecule is CN(Cc1ccccc1)C(=O)CCNS(=O)(=O)c1ccc2ccccc2c1. The first-order valence-corrected chi connectivity index (χ1v) is 10.2. The van der Waals surface area contributed by atoms with Crippen LogP contribution in [0, 0.1) is 0 Å². The Kier molecular flexibility index (Phi) is 5.88. The van der Waals surface area contributed by atoms with E-state index < -0.39 is 10.0 Å². The summed E-state index contributed by atoms with van der Waals surface area (Å²) in [5.74, 6) is -0.111. The number of nitrogens with one attached hydrogen (secondary N) is 1. The fourth-order valence-electron chi connectivity index (χ4n) is 2.85. The number of nitrogens with zero attached hydrogens (tertiary/aromatic N) is 1. The second-order valence-electron chi connectivity index (χ2n) is 6.39. The van der Waals surface area contributed by atoms with Crippen molar-refractivity contribution in [1.82, 2.24) is 9.62 Å².